The molecule has 42 heavy (non-hydrogen) atoms. The quantitative estimate of drug-likeness (QED) is 0.222. The van der Waals surface area contributed by atoms with Gasteiger partial charge >= 0.3 is 12.2 Å². The molecule has 230 valence electrons. The van der Waals surface area contributed by atoms with E-state index in [0.29, 0.717) is 25.0 Å². The third-order valence-corrected chi connectivity index (χ3v) is 8.56. The first-order valence-corrected chi connectivity index (χ1v) is 15.7. The van der Waals surface area contributed by atoms with E-state index in [1.54, 1.807) is 0 Å². The van der Waals surface area contributed by atoms with E-state index in [1.807, 2.05) is 57.2 Å². The van der Waals surface area contributed by atoms with E-state index in [1.165, 1.54) is 11.1 Å². The lowest BCUT2D eigenvalue weighted by Crippen LogP contribution is -2.41. The average molecular weight is 620 g/mol. The molecule has 0 aromatic heterocycles. The smallest absolute Gasteiger partial charge is 0.407 e. The predicted molar refractivity (Wildman–Crippen MR) is 165 cm³/mol. The number of aliphatic hydroxyl groups excluding tert-OH is 1. The maximum absolute atomic E-state index is 12.0. The van der Waals surface area contributed by atoms with Crippen LogP contribution in [-0.4, -0.2) is 68.3 Å². The lowest BCUT2D eigenvalue weighted by atomic mass is 9.93. The molecular weight excluding hydrogens is 578 g/mol. The fourth-order valence-corrected chi connectivity index (χ4v) is 6.80. The van der Waals surface area contributed by atoms with Crippen LogP contribution >= 0.6 is 12.6 Å². The average Bonchev–Trinajstić information content (AvgIpc) is 3.42. The van der Waals surface area contributed by atoms with Crippen LogP contribution in [0.3, 0.4) is 0 Å². The van der Waals surface area contributed by atoms with Gasteiger partial charge in [-0.25, -0.2) is 18.5 Å². The Morgan fingerprint density at radius 2 is 1.50 bits per heavy atom. The van der Waals surface area contributed by atoms with Crippen LogP contribution in [0.4, 0.5) is 9.59 Å². The van der Waals surface area contributed by atoms with Gasteiger partial charge in [-0.15, -0.1) is 12.6 Å². The van der Waals surface area contributed by atoms with Gasteiger partial charge in [0.25, 0.3) is 0 Å². The Kier molecular flexibility index (Phi) is 12.4. The molecule has 1 unspecified atom stereocenters. The van der Waals surface area contributed by atoms with E-state index in [2.05, 4.69) is 40.1 Å². The molecule has 5 N–H and O–H groups in total. The molecule has 12 heteroatoms. The highest BCUT2D eigenvalue weighted by molar-refractivity contribution is 7.96. The first-order valence-electron chi connectivity index (χ1n) is 14.0. The van der Waals surface area contributed by atoms with Crippen LogP contribution in [0, 0.1) is 0 Å². The Labute approximate surface area is 255 Å². The van der Waals surface area contributed by atoms with Crippen molar-refractivity contribution in [3.8, 4) is 0 Å². The van der Waals surface area contributed by atoms with Crippen molar-refractivity contribution in [3.63, 3.8) is 0 Å². The second-order valence-corrected chi connectivity index (χ2v) is 13.2. The molecule has 2 amide bonds. The van der Waals surface area contributed by atoms with Crippen LogP contribution in [0.5, 0.6) is 0 Å². The fraction of sp³-hybridized carbons (Fsp3) is 0.500. The van der Waals surface area contributed by atoms with E-state index < -0.39 is 28.8 Å². The molecule has 0 heterocycles. The fourth-order valence-electron chi connectivity index (χ4n) is 5.50. The zero-order valence-electron chi connectivity index (χ0n) is 24.2. The number of thiol groups is 1. The summed E-state index contributed by atoms with van der Waals surface area (Å²) in [5.74, 6) is 0.330. The second kappa shape index (κ2) is 15.5. The van der Waals surface area contributed by atoms with E-state index in [0.717, 1.165) is 17.5 Å². The van der Waals surface area contributed by atoms with Gasteiger partial charge in [-0.3, -0.25) is 4.79 Å². The number of hydrogen-bond acceptors (Lipinski definition) is 6. The molecule has 0 radical (unpaired) electrons. The van der Waals surface area contributed by atoms with Gasteiger partial charge in [0.05, 0.1) is 17.6 Å². The number of amides is 2. The highest BCUT2D eigenvalue weighted by Gasteiger charge is 2.35. The van der Waals surface area contributed by atoms with Crippen molar-refractivity contribution in [2.75, 3.05) is 18.9 Å². The summed E-state index contributed by atoms with van der Waals surface area (Å²) in [6.45, 7) is 5.70. The maximum Gasteiger partial charge on any atom is 0.407 e. The molecule has 0 saturated carbocycles. The summed E-state index contributed by atoms with van der Waals surface area (Å²) in [6.07, 6.45) is 0.981. The zero-order valence-corrected chi connectivity index (χ0v) is 25.9. The van der Waals surface area contributed by atoms with Crippen molar-refractivity contribution in [1.82, 2.24) is 15.4 Å². The van der Waals surface area contributed by atoms with E-state index in [4.69, 9.17) is 14.9 Å². The number of benzene rings is 2. The Morgan fingerprint density at radius 1 is 0.952 bits per heavy atom. The van der Waals surface area contributed by atoms with Gasteiger partial charge in [0.1, 0.15) is 5.60 Å². The molecule has 2 aromatic rings. The van der Waals surface area contributed by atoms with Gasteiger partial charge in [0.2, 0.25) is 0 Å². The van der Waals surface area contributed by atoms with Crippen LogP contribution in [-0.2, 0) is 33.4 Å². The number of aliphatic hydroxyl groups is 1. The third kappa shape index (κ3) is 10.1. The summed E-state index contributed by atoms with van der Waals surface area (Å²) in [6, 6.07) is 15.6. The number of carboxylic acid groups (broad SMARTS) is 1. The Morgan fingerprint density at radius 3 is 2.02 bits per heavy atom. The molecule has 0 aliphatic heterocycles. The molecule has 0 bridgehead atoms. The van der Waals surface area contributed by atoms with Crippen LogP contribution in [0.25, 0.3) is 0 Å². The van der Waals surface area contributed by atoms with Crippen molar-refractivity contribution in [2.24, 2.45) is 0 Å². The number of fused-ring (bicyclic) bond motifs is 2. The Bertz CT molecular complexity index is 1270. The number of alkyl carbamates (subject to hydrolysis) is 1. The number of carbonyl (C=O) groups excluding carboxylic acids is 2. The molecule has 4 rings (SSSR count). The van der Waals surface area contributed by atoms with Crippen molar-refractivity contribution >= 4 is 40.9 Å². The van der Waals surface area contributed by atoms with Crippen molar-refractivity contribution in [1.29, 1.82) is 0 Å². The Balaban J connectivity index is 0.000000231. The summed E-state index contributed by atoms with van der Waals surface area (Å²) < 4.78 is 20.0. The number of hydrogen-bond donors (Lipinski definition) is 6. The third-order valence-electron chi connectivity index (χ3n) is 7.15. The van der Waals surface area contributed by atoms with Gasteiger partial charge in [0.15, 0.2) is 5.12 Å². The van der Waals surface area contributed by atoms with Crippen LogP contribution in [0.2, 0.25) is 0 Å². The lowest BCUT2D eigenvalue weighted by Gasteiger charge is -2.25. The molecule has 2 aliphatic carbocycles. The number of ether oxygens (including phenoxy) is 1. The minimum Gasteiger partial charge on any atom is -0.465 e. The molecule has 2 aliphatic rings. The maximum atomic E-state index is 12.0. The number of rotatable bonds is 10. The van der Waals surface area contributed by atoms with E-state index in [9.17, 15) is 18.6 Å². The van der Waals surface area contributed by atoms with Gasteiger partial charge in [-0.2, -0.15) is 0 Å². The van der Waals surface area contributed by atoms with Gasteiger partial charge in [0, 0.05) is 42.6 Å². The predicted octanol–water partition coefficient (Wildman–Crippen LogP) is 3.66. The lowest BCUT2D eigenvalue weighted by molar-refractivity contribution is -0.111. The largest absolute Gasteiger partial charge is 0.465 e. The topological polar surface area (TPSA) is 154 Å². The molecule has 10 nitrogen and oxygen atoms in total. The van der Waals surface area contributed by atoms with Gasteiger partial charge in [-0.05, 0) is 62.3 Å². The second-order valence-electron chi connectivity index (χ2n) is 11.4. The highest BCUT2D eigenvalue weighted by Crippen LogP contribution is 2.37. The van der Waals surface area contributed by atoms with Crippen molar-refractivity contribution in [2.45, 2.75) is 76.0 Å². The van der Waals surface area contributed by atoms with E-state index in [-0.39, 0.29) is 42.2 Å². The Hall–Kier alpha value is -2.93. The van der Waals surface area contributed by atoms with Crippen LogP contribution in [0.15, 0.2) is 48.5 Å². The van der Waals surface area contributed by atoms with Gasteiger partial charge < -0.3 is 25.6 Å². The summed E-state index contributed by atoms with van der Waals surface area (Å²) in [7, 11) is -1.30. The van der Waals surface area contributed by atoms with Crippen molar-refractivity contribution < 1.29 is 33.5 Å². The monoisotopic (exact) mass is 619 g/mol. The minimum atomic E-state index is -1.30. The molecule has 0 fully saturated rings. The first kappa shape index (κ1) is 33.6. The molecule has 0 spiro atoms. The number of carbonyl (C=O) groups is 3. The highest BCUT2D eigenvalue weighted by atomic mass is 32.2. The number of nitrogens with one attached hydrogen (secondary N) is 3. The molecule has 0 saturated heterocycles. The van der Waals surface area contributed by atoms with Crippen LogP contribution in [0.1, 0.15) is 67.7 Å². The molecular formula is C30H41N3O7S2. The van der Waals surface area contributed by atoms with E-state index >= 15 is 0 Å². The molecule has 2 aromatic carbocycles. The summed E-state index contributed by atoms with van der Waals surface area (Å²) in [5.41, 5.74) is 4.05. The zero-order chi connectivity index (χ0) is 30.9. The molecule has 5 atom stereocenters. The normalized spacial score (nSPS) is 21.3. The van der Waals surface area contributed by atoms with Crippen LogP contribution < -0.4 is 15.4 Å². The minimum absolute atomic E-state index is 0.0417. The SMILES string of the molecule is CC(C)(C)OC(=O)N[C@@H]1Cc2ccccc2[C@H]1CCC(=O)S.O=C(O)N[C@@H]1Cc2ccccc2[C@H]1CS(=O)NCCO. The first-order chi connectivity index (χ1) is 19.9. The van der Waals surface area contributed by atoms with Gasteiger partial charge in [-0.1, -0.05) is 48.5 Å². The standard InChI is InChI=1S/C17H23NO3S.C13H18N2O4S/c1-17(2,3)21-16(20)18-14-10-11-6-4-5-7-12(11)13(14)8-9-15(19)22;16-6-5-14-20(19)8-11-10-4-2-1-3-9(10)7-12(11)15-13(17)18/h4-7,13-14H,8-10H2,1-3H3,(H,18,20)(H,19,22);1-4,11-12,14-16H,5-8H2,(H,17,18)/t13-,14-;11-,12-,20?/m11/s1. The van der Waals surface area contributed by atoms with Crippen molar-refractivity contribution in [3.05, 3.63) is 70.8 Å². The summed E-state index contributed by atoms with van der Waals surface area (Å²) in [4.78, 5) is 34.1. The summed E-state index contributed by atoms with van der Waals surface area (Å²) >= 11 is 3.85. The summed E-state index contributed by atoms with van der Waals surface area (Å²) in [5, 5.41) is 23.0.